The van der Waals surface area contributed by atoms with E-state index in [9.17, 15) is 9.59 Å². The Morgan fingerprint density at radius 2 is 2.05 bits per heavy atom. The van der Waals surface area contributed by atoms with Crippen LogP contribution in [0.1, 0.15) is 27.2 Å². The number of nitrogens with zero attached hydrogens (tertiary/aromatic N) is 1. The van der Waals surface area contributed by atoms with Gasteiger partial charge < -0.3 is 15.0 Å². The van der Waals surface area contributed by atoms with Gasteiger partial charge >= 0.3 is 0 Å². The lowest BCUT2D eigenvalue weighted by atomic mass is 10.2. The normalized spacial score (nSPS) is 18.2. The molecule has 1 aromatic carbocycles. The third-order valence-electron chi connectivity index (χ3n) is 3.46. The molecule has 1 atom stereocenters. The molecule has 114 valence electrons. The number of benzene rings is 1. The first-order chi connectivity index (χ1) is 10.0. The highest BCUT2D eigenvalue weighted by Gasteiger charge is 2.31. The Morgan fingerprint density at radius 1 is 1.38 bits per heavy atom. The van der Waals surface area contributed by atoms with Crippen molar-refractivity contribution in [3.8, 4) is 5.75 Å². The van der Waals surface area contributed by atoms with Crippen molar-refractivity contribution in [2.75, 3.05) is 18.1 Å². The van der Waals surface area contributed by atoms with E-state index in [4.69, 9.17) is 4.74 Å². The molecule has 21 heavy (non-hydrogen) atoms. The van der Waals surface area contributed by atoms with Crippen molar-refractivity contribution >= 4 is 17.5 Å². The second kappa shape index (κ2) is 6.61. The molecule has 5 nitrogen and oxygen atoms in total. The smallest absolute Gasteiger partial charge is 0.229 e. The lowest BCUT2D eigenvalue weighted by Gasteiger charge is -2.18. The maximum Gasteiger partial charge on any atom is 0.229 e. The van der Waals surface area contributed by atoms with E-state index < -0.39 is 0 Å². The Morgan fingerprint density at radius 3 is 2.62 bits per heavy atom. The first-order valence-electron chi connectivity index (χ1n) is 7.35. The Labute approximate surface area is 125 Å². The number of anilines is 1. The van der Waals surface area contributed by atoms with Gasteiger partial charge in [-0.05, 0) is 31.2 Å². The summed E-state index contributed by atoms with van der Waals surface area (Å²) < 4.78 is 5.39. The topological polar surface area (TPSA) is 58.6 Å². The Balaban J connectivity index is 2.01. The number of amides is 2. The van der Waals surface area contributed by atoms with E-state index in [1.54, 1.807) is 4.90 Å². The van der Waals surface area contributed by atoms with E-state index >= 15 is 0 Å². The number of nitrogens with one attached hydrogen (secondary N) is 1. The first-order valence-corrected chi connectivity index (χ1v) is 7.35. The monoisotopic (exact) mass is 290 g/mol. The number of carbonyl (C=O) groups is 2. The molecular weight excluding hydrogens is 268 g/mol. The number of rotatable bonds is 5. The van der Waals surface area contributed by atoms with E-state index in [1.165, 1.54) is 0 Å². The molecule has 1 fully saturated rings. The van der Waals surface area contributed by atoms with E-state index in [-0.39, 0.29) is 23.8 Å². The van der Waals surface area contributed by atoms with E-state index in [2.05, 4.69) is 5.32 Å². The minimum atomic E-state index is -0.112. The third kappa shape index (κ3) is 3.74. The molecule has 0 spiro atoms. The van der Waals surface area contributed by atoms with Crippen molar-refractivity contribution in [1.82, 2.24) is 5.32 Å². The summed E-state index contributed by atoms with van der Waals surface area (Å²) in [6.45, 7) is 6.75. The minimum absolute atomic E-state index is 0.0126. The van der Waals surface area contributed by atoms with Crippen molar-refractivity contribution in [2.24, 2.45) is 5.92 Å². The van der Waals surface area contributed by atoms with E-state index in [0.717, 1.165) is 11.4 Å². The fraction of sp³-hybridized carbons (Fsp3) is 0.500. The zero-order valence-electron chi connectivity index (χ0n) is 12.8. The molecule has 5 heteroatoms. The number of hydrogen-bond donors (Lipinski definition) is 1. The molecule has 1 saturated heterocycles. The first kappa shape index (κ1) is 15.4. The van der Waals surface area contributed by atoms with Crippen LogP contribution in [0, 0.1) is 5.92 Å². The molecular formula is C16H22N2O3. The number of carbonyl (C=O) groups excluding carboxylic acids is 2. The summed E-state index contributed by atoms with van der Waals surface area (Å²) >= 11 is 0. The summed E-state index contributed by atoms with van der Waals surface area (Å²) in [5.74, 6) is 0.742. The largest absolute Gasteiger partial charge is 0.494 e. The quantitative estimate of drug-likeness (QED) is 0.902. The second-order valence-electron chi connectivity index (χ2n) is 5.50. The number of hydrogen-bond acceptors (Lipinski definition) is 3. The lowest BCUT2D eigenvalue weighted by molar-refractivity contribution is -0.124. The van der Waals surface area contributed by atoms with Crippen molar-refractivity contribution in [1.29, 1.82) is 0 Å². The van der Waals surface area contributed by atoms with Gasteiger partial charge in [0.05, 0.1) is 12.6 Å². The summed E-state index contributed by atoms with van der Waals surface area (Å²) in [5, 5.41) is 2.91. The molecule has 2 rings (SSSR count). The molecule has 0 aliphatic carbocycles. The predicted octanol–water partition coefficient (Wildman–Crippen LogP) is 1.96. The number of ether oxygens (including phenoxy) is 1. The highest BCUT2D eigenvalue weighted by atomic mass is 16.5. The van der Waals surface area contributed by atoms with E-state index in [1.807, 2.05) is 45.0 Å². The lowest BCUT2D eigenvalue weighted by Crippen LogP contribution is -2.39. The summed E-state index contributed by atoms with van der Waals surface area (Å²) in [7, 11) is 0. The van der Waals surface area contributed by atoms with Crippen LogP contribution in [0.3, 0.4) is 0 Å². The van der Waals surface area contributed by atoms with E-state index in [0.29, 0.717) is 19.6 Å². The molecule has 1 aromatic rings. The summed E-state index contributed by atoms with van der Waals surface area (Å²) in [6, 6.07) is 7.34. The van der Waals surface area contributed by atoms with Gasteiger partial charge in [0.2, 0.25) is 11.8 Å². The zero-order valence-corrected chi connectivity index (χ0v) is 12.8. The second-order valence-corrected chi connectivity index (χ2v) is 5.50. The Hall–Kier alpha value is -2.04. The van der Waals surface area contributed by atoms with Gasteiger partial charge in [-0.3, -0.25) is 9.59 Å². The average Bonchev–Trinajstić information content (AvgIpc) is 2.80. The molecule has 0 saturated carbocycles. The van der Waals surface area contributed by atoms with Crippen LogP contribution in [0.4, 0.5) is 5.69 Å². The van der Waals surface area contributed by atoms with Gasteiger partial charge in [0.15, 0.2) is 0 Å². The van der Waals surface area contributed by atoms with Gasteiger partial charge in [0.1, 0.15) is 5.75 Å². The van der Waals surface area contributed by atoms with Crippen LogP contribution in [0.2, 0.25) is 0 Å². The van der Waals surface area contributed by atoms with Crippen molar-refractivity contribution in [3.05, 3.63) is 24.3 Å². The standard InChI is InChI=1S/C16H22N2O3/c1-4-21-14-7-5-13(6-8-14)18-10-12(9-15(18)19)17-16(20)11(2)3/h5-8,11-12H,4,9-10H2,1-3H3,(H,17,20). The Bertz CT molecular complexity index is 511. The van der Waals surface area contributed by atoms with Crippen LogP contribution in [0.25, 0.3) is 0 Å². The summed E-state index contributed by atoms with van der Waals surface area (Å²) in [5.41, 5.74) is 0.838. The highest BCUT2D eigenvalue weighted by molar-refractivity contribution is 5.97. The maximum atomic E-state index is 12.1. The molecule has 0 radical (unpaired) electrons. The summed E-state index contributed by atoms with van der Waals surface area (Å²) in [6.07, 6.45) is 0.353. The highest BCUT2D eigenvalue weighted by Crippen LogP contribution is 2.24. The molecule has 2 amide bonds. The van der Waals surface area contributed by atoms with Crippen molar-refractivity contribution < 1.29 is 14.3 Å². The fourth-order valence-electron chi connectivity index (χ4n) is 2.31. The third-order valence-corrected chi connectivity index (χ3v) is 3.46. The van der Waals surface area contributed by atoms with Gasteiger partial charge in [-0.2, -0.15) is 0 Å². The molecule has 1 heterocycles. The van der Waals surface area contributed by atoms with Crippen molar-refractivity contribution in [3.63, 3.8) is 0 Å². The van der Waals surface area contributed by atoms with Crippen LogP contribution in [-0.2, 0) is 9.59 Å². The maximum absolute atomic E-state index is 12.1. The molecule has 1 aliphatic rings. The van der Waals surface area contributed by atoms with Gasteiger partial charge in [0, 0.05) is 24.6 Å². The van der Waals surface area contributed by atoms with Crippen molar-refractivity contribution in [2.45, 2.75) is 33.2 Å². The van der Waals surface area contributed by atoms with Crippen LogP contribution < -0.4 is 15.0 Å². The molecule has 0 aromatic heterocycles. The molecule has 1 aliphatic heterocycles. The van der Waals surface area contributed by atoms with Crippen LogP contribution >= 0.6 is 0 Å². The zero-order chi connectivity index (χ0) is 15.4. The molecule has 0 bridgehead atoms. The minimum Gasteiger partial charge on any atom is -0.494 e. The van der Waals surface area contributed by atoms with Crippen LogP contribution in [-0.4, -0.2) is 31.0 Å². The molecule has 1 N–H and O–H groups in total. The van der Waals surface area contributed by atoms with Crippen LogP contribution in [0.5, 0.6) is 5.75 Å². The predicted molar refractivity (Wildman–Crippen MR) is 81.3 cm³/mol. The fourth-order valence-corrected chi connectivity index (χ4v) is 2.31. The van der Waals surface area contributed by atoms with Gasteiger partial charge in [-0.1, -0.05) is 13.8 Å². The SMILES string of the molecule is CCOc1ccc(N2CC(NC(=O)C(C)C)CC2=O)cc1. The van der Waals surface area contributed by atoms with Gasteiger partial charge in [-0.25, -0.2) is 0 Å². The molecule has 1 unspecified atom stereocenters. The Kier molecular flexibility index (Phi) is 4.83. The summed E-state index contributed by atoms with van der Waals surface area (Å²) in [4.78, 5) is 25.5. The van der Waals surface area contributed by atoms with Gasteiger partial charge in [0.25, 0.3) is 0 Å². The average molecular weight is 290 g/mol. The van der Waals surface area contributed by atoms with Gasteiger partial charge in [-0.15, -0.1) is 0 Å². The van der Waals surface area contributed by atoms with Crippen LogP contribution in [0.15, 0.2) is 24.3 Å².